The van der Waals surface area contributed by atoms with Crippen LogP contribution in [0.1, 0.15) is 37.7 Å². The normalized spacial score (nSPS) is 19.4. The predicted molar refractivity (Wildman–Crippen MR) is 99.2 cm³/mol. The van der Waals surface area contributed by atoms with E-state index in [1.54, 1.807) is 12.1 Å². The van der Waals surface area contributed by atoms with Crippen LogP contribution in [0, 0.1) is 0 Å². The maximum atomic E-state index is 12.5. The summed E-state index contributed by atoms with van der Waals surface area (Å²) < 4.78 is 5.73. The lowest BCUT2D eigenvalue weighted by atomic mass is 10.1. The molecule has 2 fully saturated rings. The van der Waals surface area contributed by atoms with Crippen LogP contribution in [0.2, 0.25) is 0 Å². The van der Waals surface area contributed by atoms with Crippen LogP contribution in [0.25, 0.3) is 0 Å². The molecule has 1 saturated carbocycles. The van der Waals surface area contributed by atoms with Crippen LogP contribution in [0.15, 0.2) is 23.2 Å². The Morgan fingerprint density at radius 3 is 2.86 bits per heavy atom. The van der Waals surface area contributed by atoms with E-state index < -0.39 is 24.4 Å². The molecule has 9 heteroatoms. The van der Waals surface area contributed by atoms with E-state index in [2.05, 4.69) is 15.6 Å². The van der Waals surface area contributed by atoms with Crippen molar-refractivity contribution in [3.63, 3.8) is 0 Å². The van der Waals surface area contributed by atoms with Crippen molar-refractivity contribution < 1.29 is 24.2 Å². The van der Waals surface area contributed by atoms with E-state index in [1.165, 1.54) is 0 Å². The molecule has 1 atom stereocenters. The molecule has 9 nitrogen and oxygen atoms in total. The van der Waals surface area contributed by atoms with E-state index in [1.807, 2.05) is 11.0 Å². The first-order chi connectivity index (χ1) is 13.5. The number of nitrogens with zero attached hydrogens (tertiary/aromatic N) is 2. The number of nitrogens with one attached hydrogen (secondary N) is 2. The van der Waals surface area contributed by atoms with Gasteiger partial charge in [0, 0.05) is 18.7 Å². The molecule has 2 aliphatic heterocycles. The van der Waals surface area contributed by atoms with E-state index in [0.717, 1.165) is 31.2 Å². The zero-order chi connectivity index (χ0) is 19.7. The highest BCUT2D eigenvalue weighted by atomic mass is 16.5. The first kappa shape index (κ1) is 18.3. The Kier molecular flexibility index (Phi) is 4.89. The Balaban J connectivity index is 1.49. The fourth-order valence-electron chi connectivity index (χ4n) is 3.77. The first-order valence-electron chi connectivity index (χ1n) is 9.43. The van der Waals surface area contributed by atoms with Crippen molar-refractivity contribution in [1.29, 1.82) is 0 Å². The van der Waals surface area contributed by atoms with Gasteiger partial charge in [-0.15, -0.1) is 0 Å². The Labute approximate surface area is 161 Å². The summed E-state index contributed by atoms with van der Waals surface area (Å²) >= 11 is 0. The maximum absolute atomic E-state index is 12.5. The molecule has 1 aromatic rings. The molecular weight excluding hydrogens is 364 g/mol. The van der Waals surface area contributed by atoms with Crippen LogP contribution in [0.3, 0.4) is 0 Å². The number of benzene rings is 1. The number of fused-ring (bicyclic) bond motifs is 2. The molecule has 0 radical (unpaired) electrons. The van der Waals surface area contributed by atoms with Crippen molar-refractivity contribution in [3.05, 3.63) is 23.8 Å². The van der Waals surface area contributed by atoms with Crippen LogP contribution in [-0.2, 0) is 20.9 Å². The Bertz CT molecular complexity index is 847. The minimum Gasteiger partial charge on any atom is -0.481 e. The van der Waals surface area contributed by atoms with E-state index in [9.17, 15) is 14.4 Å². The number of hydrogen-bond donors (Lipinski definition) is 3. The molecule has 0 bridgehead atoms. The van der Waals surface area contributed by atoms with Gasteiger partial charge in [0.05, 0.1) is 12.1 Å². The van der Waals surface area contributed by atoms with Gasteiger partial charge in [0.1, 0.15) is 12.3 Å². The maximum Gasteiger partial charge on any atom is 0.307 e. The summed E-state index contributed by atoms with van der Waals surface area (Å²) in [6.45, 7) is 0.826. The summed E-state index contributed by atoms with van der Waals surface area (Å²) in [6.07, 6.45) is 2.40. The van der Waals surface area contributed by atoms with Crippen molar-refractivity contribution in [2.24, 2.45) is 4.99 Å². The second-order valence-electron chi connectivity index (χ2n) is 7.32. The summed E-state index contributed by atoms with van der Waals surface area (Å²) in [7, 11) is 0. The van der Waals surface area contributed by atoms with Crippen LogP contribution >= 0.6 is 0 Å². The lowest BCUT2D eigenvalue weighted by molar-refractivity contribution is -0.143. The number of aliphatic imine (C=N–C) groups is 1. The highest BCUT2D eigenvalue weighted by Crippen LogP contribution is 2.31. The van der Waals surface area contributed by atoms with E-state index in [0.29, 0.717) is 23.9 Å². The smallest absolute Gasteiger partial charge is 0.307 e. The summed E-state index contributed by atoms with van der Waals surface area (Å²) in [5.74, 6) is -0.751. The van der Waals surface area contributed by atoms with Crippen molar-refractivity contribution in [2.75, 3.05) is 6.54 Å². The monoisotopic (exact) mass is 386 g/mol. The summed E-state index contributed by atoms with van der Waals surface area (Å²) in [6, 6.07) is 5.27. The number of ether oxygens (including phenoxy) is 1. The fourth-order valence-corrected chi connectivity index (χ4v) is 3.77. The second-order valence-corrected chi connectivity index (χ2v) is 7.32. The number of carboxylic acids is 1. The zero-order valence-corrected chi connectivity index (χ0v) is 15.3. The molecular formula is C19H22N4O5. The third-order valence-corrected chi connectivity index (χ3v) is 5.16. The standard InChI is InChI=1S/C19H22N4O5/c24-16-10-23-9-11-5-6-13(7-14(11)21-19(23)22-16)28-15(8-17(25)26)18(27)20-12-3-1-2-4-12/h5-7,12,15H,1-4,8-10H2,(H,20,27)(H,25,26)(H,21,22,24). The van der Waals surface area contributed by atoms with Gasteiger partial charge in [-0.25, -0.2) is 4.99 Å². The average molecular weight is 386 g/mol. The summed E-state index contributed by atoms with van der Waals surface area (Å²) in [5.41, 5.74) is 1.56. The van der Waals surface area contributed by atoms with E-state index >= 15 is 0 Å². The average Bonchev–Trinajstić information content (AvgIpc) is 3.26. The molecule has 0 spiro atoms. The molecule has 148 valence electrons. The van der Waals surface area contributed by atoms with E-state index in [-0.39, 0.29) is 18.5 Å². The fraction of sp³-hybridized carbons (Fsp3) is 0.474. The van der Waals surface area contributed by atoms with Crippen molar-refractivity contribution in [2.45, 2.75) is 50.8 Å². The third-order valence-electron chi connectivity index (χ3n) is 5.16. The van der Waals surface area contributed by atoms with Crippen LogP contribution in [-0.4, -0.2) is 52.4 Å². The van der Waals surface area contributed by atoms with Crippen molar-refractivity contribution in [3.8, 4) is 5.75 Å². The lowest BCUT2D eigenvalue weighted by Crippen LogP contribution is -2.43. The highest BCUT2D eigenvalue weighted by molar-refractivity contribution is 6.05. The Hall–Kier alpha value is -3.10. The Morgan fingerprint density at radius 2 is 2.11 bits per heavy atom. The molecule has 3 N–H and O–H groups in total. The lowest BCUT2D eigenvalue weighted by Gasteiger charge is -2.24. The number of aliphatic carboxylic acids is 1. The number of carbonyl (C=O) groups excluding carboxylic acids is 2. The predicted octanol–water partition coefficient (Wildman–Crippen LogP) is 0.900. The first-order valence-corrected chi connectivity index (χ1v) is 9.43. The van der Waals surface area contributed by atoms with Gasteiger partial charge in [0.15, 0.2) is 6.10 Å². The number of guanidine groups is 1. The summed E-state index contributed by atoms with van der Waals surface area (Å²) in [5, 5.41) is 14.8. The Morgan fingerprint density at radius 1 is 1.32 bits per heavy atom. The molecule has 3 aliphatic rings. The number of carbonyl (C=O) groups is 3. The number of hydrogen-bond acceptors (Lipinski definition) is 6. The molecule has 1 aromatic carbocycles. The van der Waals surface area contributed by atoms with Gasteiger partial charge in [0.2, 0.25) is 11.9 Å². The van der Waals surface area contributed by atoms with Crippen LogP contribution in [0.5, 0.6) is 5.75 Å². The number of rotatable bonds is 6. The minimum absolute atomic E-state index is 0.0827. The van der Waals surface area contributed by atoms with Gasteiger partial charge in [-0.2, -0.15) is 0 Å². The SMILES string of the molecule is O=C(O)CC(Oc1ccc2c(c1)N=C1NC(=O)CN1C2)C(=O)NC1CCCC1. The summed E-state index contributed by atoms with van der Waals surface area (Å²) in [4.78, 5) is 41.5. The molecule has 28 heavy (non-hydrogen) atoms. The van der Waals surface area contributed by atoms with Crippen LogP contribution in [0.4, 0.5) is 5.69 Å². The minimum atomic E-state index is -1.12. The highest BCUT2D eigenvalue weighted by Gasteiger charge is 2.30. The molecule has 2 heterocycles. The molecule has 0 aromatic heterocycles. The van der Waals surface area contributed by atoms with Crippen molar-refractivity contribution in [1.82, 2.24) is 15.5 Å². The van der Waals surface area contributed by atoms with Gasteiger partial charge < -0.3 is 20.1 Å². The molecule has 4 rings (SSSR count). The van der Waals surface area contributed by atoms with Gasteiger partial charge in [0.25, 0.3) is 5.91 Å². The largest absolute Gasteiger partial charge is 0.481 e. The van der Waals surface area contributed by atoms with Gasteiger partial charge in [-0.05, 0) is 24.5 Å². The van der Waals surface area contributed by atoms with Gasteiger partial charge in [-0.1, -0.05) is 18.9 Å². The second kappa shape index (κ2) is 7.49. The molecule has 1 saturated heterocycles. The van der Waals surface area contributed by atoms with Crippen molar-refractivity contribution >= 4 is 29.4 Å². The molecule has 1 unspecified atom stereocenters. The quantitative estimate of drug-likeness (QED) is 0.668. The zero-order valence-electron chi connectivity index (χ0n) is 15.3. The topological polar surface area (TPSA) is 120 Å². The van der Waals surface area contributed by atoms with Gasteiger partial charge in [-0.3, -0.25) is 19.7 Å². The van der Waals surface area contributed by atoms with Crippen LogP contribution < -0.4 is 15.4 Å². The molecule has 1 aliphatic carbocycles. The number of amides is 2. The van der Waals surface area contributed by atoms with Gasteiger partial charge >= 0.3 is 5.97 Å². The number of carboxylic acid groups (broad SMARTS) is 1. The third kappa shape index (κ3) is 3.92. The molecule has 2 amide bonds. The van der Waals surface area contributed by atoms with E-state index in [4.69, 9.17) is 9.84 Å².